The molecule has 6 heteroatoms. The van der Waals surface area contributed by atoms with Crippen molar-refractivity contribution in [1.29, 1.82) is 0 Å². The van der Waals surface area contributed by atoms with Crippen molar-refractivity contribution in [3.05, 3.63) is 46.7 Å². The summed E-state index contributed by atoms with van der Waals surface area (Å²) in [6.45, 7) is 9.53. The average Bonchev–Trinajstić information content (AvgIpc) is 2.56. The van der Waals surface area contributed by atoms with Gasteiger partial charge in [0.1, 0.15) is 12.4 Å². The maximum atomic E-state index is 5.87. The van der Waals surface area contributed by atoms with Crippen molar-refractivity contribution >= 4 is 17.5 Å². The standard InChI is InChI=1S/C18H23ClN4O/c1-14-13-15(2)21-18(20-14)23-9-7-22(8-10-23)11-12-24-17-5-3-16(19)4-6-17/h3-6,13H,7-12H2,1-2H3. The molecule has 2 aromatic rings. The molecule has 24 heavy (non-hydrogen) atoms. The number of aryl methyl sites for hydroxylation is 2. The lowest BCUT2D eigenvalue weighted by Crippen LogP contribution is -2.48. The van der Waals surface area contributed by atoms with E-state index in [-0.39, 0.29) is 0 Å². The quantitative estimate of drug-likeness (QED) is 0.832. The van der Waals surface area contributed by atoms with Crippen LogP contribution in [0.3, 0.4) is 0 Å². The van der Waals surface area contributed by atoms with E-state index in [2.05, 4.69) is 19.8 Å². The molecule has 1 fully saturated rings. The van der Waals surface area contributed by atoms with Crippen molar-refractivity contribution in [2.45, 2.75) is 13.8 Å². The number of nitrogens with zero attached hydrogens (tertiary/aromatic N) is 4. The Morgan fingerprint density at radius 1 is 1.00 bits per heavy atom. The molecule has 0 amide bonds. The molecule has 1 aromatic carbocycles. The molecule has 1 aliphatic rings. The van der Waals surface area contributed by atoms with Crippen LogP contribution >= 0.6 is 11.6 Å². The second kappa shape index (κ2) is 7.81. The van der Waals surface area contributed by atoms with Gasteiger partial charge in [-0.05, 0) is 44.2 Å². The maximum absolute atomic E-state index is 5.87. The summed E-state index contributed by atoms with van der Waals surface area (Å²) >= 11 is 5.87. The van der Waals surface area contributed by atoms with Gasteiger partial charge >= 0.3 is 0 Å². The number of benzene rings is 1. The van der Waals surface area contributed by atoms with E-state index < -0.39 is 0 Å². The average molecular weight is 347 g/mol. The molecule has 0 saturated carbocycles. The van der Waals surface area contributed by atoms with Crippen LogP contribution in [0.1, 0.15) is 11.4 Å². The number of aromatic nitrogens is 2. The highest BCUT2D eigenvalue weighted by Gasteiger charge is 2.19. The van der Waals surface area contributed by atoms with Crippen molar-refractivity contribution in [2.75, 3.05) is 44.2 Å². The summed E-state index contributed by atoms with van der Waals surface area (Å²) in [7, 11) is 0. The fourth-order valence-electron chi connectivity index (χ4n) is 2.84. The number of rotatable bonds is 5. The van der Waals surface area contributed by atoms with Crippen LogP contribution in [0.15, 0.2) is 30.3 Å². The van der Waals surface area contributed by atoms with Gasteiger partial charge in [-0.25, -0.2) is 9.97 Å². The van der Waals surface area contributed by atoms with Crippen LogP contribution in [-0.2, 0) is 0 Å². The molecule has 1 saturated heterocycles. The van der Waals surface area contributed by atoms with E-state index >= 15 is 0 Å². The minimum Gasteiger partial charge on any atom is -0.492 e. The first-order valence-corrected chi connectivity index (χ1v) is 8.66. The second-order valence-corrected chi connectivity index (χ2v) is 6.52. The van der Waals surface area contributed by atoms with Gasteiger partial charge < -0.3 is 9.64 Å². The largest absolute Gasteiger partial charge is 0.492 e. The summed E-state index contributed by atoms with van der Waals surface area (Å²) in [5.74, 6) is 1.71. The Morgan fingerprint density at radius 2 is 1.62 bits per heavy atom. The normalized spacial score (nSPS) is 15.5. The number of halogens is 1. The zero-order valence-electron chi connectivity index (χ0n) is 14.2. The Kier molecular flexibility index (Phi) is 5.53. The molecule has 128 valence electrons. The SMILES string of the molecule is Cc1cc(C)nc(N2CCN(CCOc3ccc(Cl)cc3)CC2)n1. The molecule has 0 bridgehead atoms. The van der Waals surface area contributed by atoms with E-state index in [1.165, 1.54) is 0 Å². The lowest BCUT2D eigenvalue weighted by atomic mass is 10.3. The van der Waals surface area contributed by atoms with Gasteiger partial charge in [0.05, 0.1) is 0 Å². The summed E-state index contributed by atoms with van der Waals surface area (Å²) in [5.41, 5.74) is 2.05. The Hall–Kier alpha value is -1.85. The fraction of sp³-hybridized carbons (Fsp3) is 0.444. The Labute approximate surface area is 148 Å². The van der Waals surface area contributed by atoms with Gasteiger partial charge in [-0.15, -0.1) is 0 Å². The van der Waals surface area contributed by atoms with E-state index in [0.717, 1.165) is 60.8 Å². The Morgan fingerprint density at radius 3 is 2.25 bits per heavy atom. The molecule has 0 unspecified atom stereocenters. The molecular formula is C18H23ClN4O. The van der Waals surface area contributed by atoms with Gasteiger partial charge in [0.25, 0.3) is 0 Å². The molecular weight excluding hydrogens is 324 g/mol. The zero-order valence-corrected chi connectivity index (χ0v) is 15.0. The third kappa shape index (κ3) is 4.58. The van der Waals surface area contributed by atoms with Crippen molar-refractivity contribution in [2.24, 2.45) is 0 Å². The number of anilines is 1. The molecule has 0 atom stereocenters. The van der Waals surface area contributed by atoms with Gasteiger partial charge in [0, 0.05) is 49.1 Å². The van der Waals surface area contributed by atoms with Gasteiger partial charge in [0.2, 0.25) is 5.95 Å². The second-order valence-electron chi connectivity index (χ2n) is 6.08. The first kappa shape index (κ1) is 17.0. The van der Waals surface area contributed by atoms with Gasteiger partial charge in [-0.3, -0.25) is 4.90 Å². The smallest absolute Gasteiger partial charge is 0.225 e. The van der Waals surface area contributed by atoms with E-state index in [9.17, 15) is 0 Å². The molecule has 5 nitrogen and oxygen atoms in total. The van der Waals surface area contributed by atoms with Crippen LogP contribution in [-0.4, -0.2) is 54.2 Å². The predicted molar refractivity (Wildman–Crippen MR) is 97.1 cm³/mol. The number of hydrogen-bond acceptors (Lipinski definition) is 5. The molecule has 1 aromatic heterocycles. The van der Waals surface area contributed by atoms with Crippen LogP contribution < -0.4 is 9.64 Å². The monoisotopic (exact) mass is 346 g/mol. The van der Waals surface area contributed by atoms with Crippen LogP contribution in [0.25, 0.3) is 0 Å². The Balaban J connectivity index is 1.44. The summed E-state index contributed by atoms with van der Waals surface area (Å²) in [5, 5.41) is 0.729. The third-order valence-corrected chi connectivity index (χ3v) is 4.37. The van der Waals surface area contributed by atoms with Gasteiger partial charge in [0.15, 0.2) is 0 Å². The highest BCUT2D eigenvalue weighted by Crippen LogP contribution is 2.16. The number of piperazine rings is 1. The minimum absolute atomic E-state index is 0.682. The van der Waals surface area contributed by atoms with Gasteiger partial charge in [-0.2, -0.15) is 0 Å². The van der Waals surface area contributed by atoms with Gasteiger partial charge in [-0.1, -0.05) is 11.6 Å². The van der Waals surface area contributed by atoms with Crippen molar-refractivity contribution < 1.29 is 4.74 Å². The van der Waals surface area contributed by atoms with E-state index in [1.54, 1.807) is 0 Å². The van der Waals surface area contributed by atoms with Crippen LogP contribution in [0, 0.1) is 13.8 Å². The fourth-order valence-corrected chi connectivity index (χ4v) is 2.97. The maximum Gasteiger partial charge on any atom is 0.225 e. The van der Waals surface area contributed by atoms with Crippen molar-refractivity contribution in [3.8, 4) is 5.75 Å². The van der Waals surface area contributed by atoms with Crippen molar-refractivity contribution in [1.82, 2.24) is 14.9 Å². The summed E-state index contributed by atoms with van der Waals surface area (Å²) < 4.78 is 5.77. The zero-order chi connectivity index (χ0) is 16.9. The summed E-state index contributed by atoms with van der Waals surface area (Å²) in [4.78, 5) is 13.8. The molecule has 0 spiro atoms. The highest BCUT2D eigenvalue weighted by molar-refractivity contribution is 6.30. The summed E-state index contributed by atoms with van der Waals surface area (Å²) in [6, 6.07) is 9.50. The third-order valence-electron chi connectivity index (χ3n) is 4.12. The topological polar surface area (TPSA) is 41.5 Å². The molecule has 0 radical (unpaired) electrons. The van der Waals surface area contributed by atoms with E-state index in [1.807, 2.05) is 44.2 Å². The lowest BCUT2D eigenvalue weighted by molar-refractivity contribution is 0.200. The molecule has 1 aliphatic heterocycles. The minimum atomic E-state index is 0.682. The van der Waals surface area contributed by atoms with E-state index in [4.69, 9.17) is 16.3 Å². The van der Waals surface area contributed by atoms with Crippen molar-refractivity contribution in [3.63, 3.8) is 0 Å². The van der Waals surface area contributed by atoms with Crippen LogP contribution in [0.2, 0.25) is 5.02 Å². The van der Waals surface area contributed by atoms with Crippen LogP contribution in [0.4, 0.5) is 5.95 Å². The summed E-state index contributed by atoms with van der Waals surface area (Å²) in [6.07, 6.45) is 0. The Bertz CT molecular complexity index is 649. The predicted octanol–water partition coefficient (Wildman–Crippen LogP) is 2.95. The highest BCUT2D eigenvalue weighted by atomic mass is 35.5. The molecule has 0 aliphatic carbocycles. The molecule has 3 rings (SSSR count). The molecule has 2 heterocycles. The molecule has 0 N–H and O–H groups in total. The van der Waals surface area contributed by atoms with E-state index in [0.29, 0.717) is 6.61 Å². The first-order valence-electron chi connectivity index (χ1n) is 8.28. The number of hydrogen-bond donors (Lipinski definition) is 0. The van der Waals surface area contributed by atoms with Crippen LogP contribution in [0.5, 0.6) is 5.75 Å². The number of ether oxygens (including phenoxy) is 1. The first-order chi connectivity index (χ1) is 11.6. The lowest BCUT2D eigenvalue weighted by Gasteiger charge is -2.34.